The lowest BCUT2D eigenvalue weighted by atomic mass is 10.0. The molecule has 1 fully saturated rings. The maximum Gasteiger partial charge on any atom is 0.253 e. The fraction of sp³-hybridized carbons (Fsp3) is 0.360. The Morgan fingerprint density at radius 3 is 2.81 bits per heavy atom. The molecule has 1 aliphatic rings. The minimum atomic E-state index is 0.0942. The standard InChI is InChI=1S/C25H29N5O/c1-4-30-21-10-6-5-8-17(21)15-23(30)24-27-20-14-18(11-12-22(20)28(24)3)25(31)29-13-7-9-19(16-29)26-2/h5-6,8,10-12,14-15,19,26H,4,7,9,13,16H2,1-3H3. The second-order valence-electron chi connectivity index (χ2n) is 8.41. The van der Waals surface area contributed by atoms with E-state index in [4.69, 9.17) is 4.98 Å². The highest BCUT2D eigenvalue weighted by molar-refractivity contribution is 5.98. The Morgan fingerprint density at radius 2 is 2.00 bits per heavy atom. The van der Waals surface area contributed by atoms with Gasteiger partial charge in [0.25, 0.3) is 5.91 Å². The van der Waals surface area contributed by atoms with Crippen molar-refractivity contribution in [2.75, 3.05) is 20.1 Å². The Hall–Kier alpha value is -3.12. The zero-order valence-electron chi connectivity index (χ0n) is 18.4. The predicted molar refractivity (Wildman–Crippen MR) is 125 cm³/mol. The molecule has 0 spiro atoms. The number of para-hydroxylation sites is 1. The lowest BCUT2D eigenvalue weighted by molar-refractivity contribution is 0.0698. The van der Waals surface area contributed by atoms with Gasteiger partial charge in [0.05, 0.1) is 16.7 Å². The van der Waals surface area contributed by atoms with Gasteiger partial charge in [-0.1, -0.05) is 18.2 Å². The van der Waals surface area contributed by atoms with Crippen LogP contribution >= 0.6 is 0 Å². The molecule has 5 rings (SSSR count). The van der Waals surface area contributed by atoms with Gasteiger partial charge in [-0.15, -0.1) is 0 Å². The average molecular weight is 416 g/mol. The number of nitrogens with one attached hydrogen (secondary N) is 1. The summed E-state index contributed by atoms with van der Waals surface area (Å²) in [6.07, 6.45) is 2.16. The van der Waals surface area contributed by atoms with Gasteiger partial charge in [0.1, 0.15) is 0 Å². The summed E-state index contributed by atoms with van der Waals surface area (Å²) in [5.41, 5.74) is 4.92. The summed E-state index contributed by atoms with van der Waals surface area (Å²) in [7, 11) is 4.02. The molecule has 1 saturated heterocycles. The van der Waals surface area contributed by atoms with Crippen molar-refractivity contribution in [2.45, 2.75) is 32.4 Å². The lowest BCUT2D eigenvalue weighted by Gasteiger charge is -2.32. The number of aromatic nitrogens is 3. The van der Waals surface area contributed by atoms with E-state index in [9.17, 15) is 4.79 Å². The molecule has 1 amide bonds. The van der Waals surface area contributed by atoms with Gasteiger partial charge in [0, 0.05) is 49.2 Å². The number of hydrogen-bond donors (Lipinski definition) is 1. The Kier molecular flexibility index (Phi) is 5.02. The third kappa shape index (κ3) is 3.31. The van der Waals surface area contributed by atoms with Crippen molar-refractivity contribution < 1.29 is 4.79 Å². The number of likely N-dealkylation sites (tertiary alicyclic amines) is 1. The monoisotopic (exact) mass is 415 g/mol. The first-order valence-electron chi connectivity index (χ1n) is 11.1. The van der Waals surface area contributed by atoms with Crippen molar-refractivity contribution in [3.63, 3.8) is 0 Å². The molecule has 0 saturated carbocycles. The third-order valence-corrected chi connectivity index (χ3v) is 6.60. The molecule has 2 aromatic carbocycles. The lowest BCUT2D eigenvalue weighted by Crippen LogP contribution is -2.46. The van der Waals surface area contributed by atoms with Crippen LogP contribution in [0.25, 0.3) is 33.5 Å². The average Bonchev–Trinajstić information content (AvgIpc) is 3.35. The highest BCUT2D eigenvalue weighted by atomic mass is 16.2. The van der Waals surface area contributed by atoms with E-state index in [2.05, 4.69) is 51.7 Å². The van der Waals surface area contributed by atoms with Crippen LogP contribution in [0.4, 0.5) is 0 Å². The highest BCUT2D eigenvalue weighted by Crippen LogP contribution is 2.30. The predicted octanol–water partition coefficient (Wildman–Crippen LogP) is 4.04. The van der Waals surface area contributed by atoms with Crippen LogP contribution < -0.4 is 5.32 Å². The van der Waals surface area contributed by atoms with Gasteiger partial charge in [-0.3, -0.25) is 4.79 Å². The van der Waals surface area contributed by atoms with Gasteiger partial charge >= 0.3 is 0 Å². The van der Waals surface area contributed by atoms with Crippen molar-refractivity contribution in [3.8, 4) is 11.5 Å². The summed E-state index contributed by atoms with van der Waals surface area (Å²) in [5.74, 6) is 1.02. The zero-order valence-corrected chi connectivity index (χ0v) is 18.4. The normalized spacial score (nSPS) is 17.0. The molecule has 0 aliphatic carbocycles. The quantitative estimate of drug-likeness (QED) is 0.547. The van der Waals surface area contributed by atoms with Crippen molar-refractivity contribution in [3.05, 3.63) is 54.1 Å². The molecule has 2 aromatic heterocycles. The van der Waals surface area contributed by atoms with E-state index in [1.54, 1.807) is 0 Å². The summed E-state index contributed by atoms with van der Waals surface area (Å²) in [6.45, 7) is 4.61. The van der Waals surface area contributed by atoms with Crippen molar-refractivity contribution in [2.24, 2.45) is 7.05 Å². The fourth-order valence-corrected chi connectivity index (χ4v) is 4.88. The van der Waals surface area contributed by atoms with Crippen LogP contribution in [-0.4, -0.2) is 51.1 Å². The smallest absolute Gasteiger partial charge is 0.253 e. The number of piperidine rings is 1. The molecule has 6 nitrogen and oxygen atoms in total. The summed E-state index contributed by atoms with van der Waals surface area (Å²) < 4.78 is 4.43. The number of hydrogen-bond acceptors (Lipinski definition) is 3. The van der Waals surface area contributed by atoms with Crippen LogP contribution in [0.3, 0.4) is 0 Å². The number of aryl methyl sites for hydroxylation is 2. The third-order valence-electron chi connectivity index (χ3n) is 6.60. The second kappa shape index (κ2) is 7.85. The Bertz CT molecular complexity index is 1270. The molecule has 0 bridgehead atoms. The van der Waals surface area contributed by atoms with Gasteiger partial charge in [-0.25, -0.2) is 4.98 Å². The zero-order chi connectivity index (χ0) is 21.5. The van der Waals surface area contributed by atoms with Gasteiger partial charge in [-0.2, -0.15) is 0 Å². The summed E-state index contributed by atoms with van der Waals surface area (Å²) in [5, 5.41) is 4.52. The molecule has 0 radical (unpaired) electrons. The number of amides is 1. The highest BCUT2D eigenvalue weighted by Gasteiger charge is 2.24. The van der Waals surface area contributed by atoms with Gasteiger partial charge in [0.2, 0.25) is 0 Å². The number of carbonyl (C=O) groups excluding carboxylic acids is 1. The van der Waals surface area contributed by atoms with E-state index in [1.807, 2.05) is 37.2 Å². The first-order chi connectivity index (χ1) is 15.1. The molecule has 1 unspecified atom stereocenters. The Labute approximate surface area is 182 Å². The topological polar surface area (TPSA) is 55.1 Å². The molecule has 1 aliphatic heterocycles. The molecule has 4 aromatic rings. The van der Waals surface area contributed by atoms with Crippen LogP contribution in [0.2, 0.25) is 0 Å². The molecule has 1 N–H and O–H groups in total. The number of nitrogens with zero attached hydrogens (tertiary/aromatic N) is 4. The first kappa shape index (κ1) is 19.8. The second-order valence-corrected chi connectivity index (χ2v) is 8.41. The van der Waals surface area contributed by atoms with Gasteiger partial charge in [-0.05, 0) is 57.1 Å². The number of carbonyl (C=O) groups is 1. The van der Waals surface area contributed by atoms with Crippen molar-refractivity contribution >= 4 is 27.8 Å². The van der Waals surface area contributed by atoms with E-state index >= 15 is 0 Å². The first-order valence-corrected chi connectivity index (χ1v) is 11.1. The van der Waals surface area contributed by atoms with E-state index in [0.29, 0.717) is 11.6 Å². The van der Waals surface area contributed by atoms with Crippen molar-refractivity contribution in [1.82, 2.24) is 24.3 Å². The maximum absolute atomic E-state index is 13.1. The largest absolute Gasteiger partial charge is 0.338 e. The fourth-order valence-electron chi connectivity index (χ4n) is 4.88. The summed E-state index contributed by atoms with van der Waals surface area (Å²) in [4.78, 5) is 20.1. The summed E-state index contributed by atoms with van der Waals surface area (Å²) >= 11 is 0. The van der Waals surface area contributed by atoms with Crippen LogP contribution in [0, 0.1) is 0 Å². The molecule has 6 heteroatoms. The Balaban J connectivity index is 1.54. The Morgan fingerprint density at radius 1 is 1.16 bits per heavy atom. The molecule has 160 valence electrons. The van der Waals surface area contributed by atoms with Crippen LogP contribution in [-0.2, 0) is 13.6 Å². The maximum atomic E-state index is 13.1. The molecular formula is C25H29N5O. The van der Waals surface area contributed by atoms with Gasteiger partial charge in [0.15, 0.2) is 5.82 Å². The number of rotatable bonds is 4. The van der Waals surface area contributed by atoms with Crippen LogP contribution in [0.5, 0.6) is 0 Å². The number of benzene rings is 2. The van der Waals surface area contributed by atoms with Gasteiger partial charge < -0.3 is 19.4 Å². The van der Waals surface area contributed by atoms with E-state index < -0.39 is 0 Å². The number of fused-ring (bicyclic) bond motifs is 2. The minimum Gasteiger partial charge on any atom is -0.338 e. The SMILES string of the molecule is CCn1c(-c2nc3cc(C(=O)N4CCCC(NC)C4)ccc3n2C)cc2ccccc21. The molecule has 31 heavy (non-hydrogen) atoms. The molecule has 3 heterocycles. The van der Waals surface area contributed by atoms with E-state index in [1.165, 1.54) is 10.9 Å². The van der Waals surface area contributed by atoms with Crippen molar-refractivity contribution in [1.29, 1.82) is 0 Å². The summed E-state index contributed by atoms with van der Waals surface area (Å²) in [6, 6.07) is 16.9. The van der Waals surface area contributed by atoms with Crippen LogP contribution in [0.15, 0.2) is 48.5 Å². The van der Waals surface area contributed by atoms with E-state index in [0.717, 1.165) is 55.0 Å². The molecule has 1 atom stereocenters. The number of imidazole rings is 1. The number of likely N-dealkylation sites (N-methyl/N-ethyl adjacent to an activating group) is 1. The molecular weight excluding hydrogens is 386 g/mol. The minimum absolute atomic E-state index is 0.0942. The van der Waals surface area contributed by atoms with E-state index in [-0.39, 0.29) is 5.91 Å². The van der Waals surface area contributed by atoms with Crippen LogP contribution in [0.1, 0.15) is 30.1 Å².